The molecule has 1 N–H and O–H groups in total. The van der Waals surface area contributed by atoms with E-state index in [0.29, 0.717) is 23.1 Å². The van der Waals surface area contributed by atoms with E-state index in [1.165, 1.54) is 0 Å². The van der Waals surface area contributed by atoms with Gasteiger partial charge in [-0.15, -0.1) is 0 Å². The number of carbonyl (C=O) groups excluding carboxylic acids is 1. The van der Waals surface area contributed by atoms with Crippen LogP contribution in [0.4, 0.5) is 4.79 Å². The first kappa shape index (κ1) is 17.1. The zero-order valence-corrected chi connectivity index (χ0v) is 14.4. The molecule has 3 rings (SSSR count). The van der Waals surface area contributed by atoms with Crippen molar-refractivity contribution in [2.75, 3.05) is 6.61 Å². The number of epoxide rings is 1. The summed E-state index contributed by atoms with van der Waals surface area (Å²) >= 11 is 12.0. The van der Waals surface area contributed by atoms with Gasteiger partial charge >= 0.3 is 6.09 Å². The van der Waals surface area contributed by atoms with Gasteiger partial charge in [-0.1, -0.05) is 53.5 Å². The van der Waals surface area contributed by atoms with E-state index in [-0.39, 0.29) is 18.8 Å². The molecule has 2 unspecified atom stereocenters. The topological polar surface area (TPSA) is 50.9 Å². The number of rotatable bonds is 6. The Morgan fingerprint density at radius 2 is 1.83 bits per heavy atom. The average molecular weight is 366 g/mol. The fourth-order valence-corrected chi connectivity index (χ4v) is 3.03. The Bertz CT molecular complexity index is 684. The third-order valence-corrected chi connectivity index (χ3v) is 4.14. The van der Waals surface area contributed by atoms with Crippen LogP contribution >= 0.6 is 23.2 Å². The molecule has 1 amide bonds. The highest BCUT2D eigenvalue weighted by molar-refractivity contribution is 6.34. The van der Waals surface area contributed by atoms with Gasteiger partial charge in [0.25, 0.3) is 0 Å². The van der Waals surface area contributed by atoms with E-state index in [1.807, 2.05) is 42.5 Å². The Morgan fingerprint density at radius 1 is 1.17 bits per heavy atom. The predicted molar refractivity (Wildman–Crippen MR) is 93.5 cm³/mol. The Labute approximate surface area is 150 Å². The number of nitrogens with one attached hydrogen (secondary N) is 1. The maximum Gasteiger partial charge on any atom is 0.407 e. The molecule has 2 aromatic rings. The number of benzene rings is 2. The van der Waals surface area contributed by atoms with Gasteiger partial charge in [0.05, 0.1) is 12.6 Å². The molecule has 0 bridgehead atoms. The molecule has 0 aromatic heterocycles. The van der Waals surface area contributed by atoms with Crippen LogP contribution < -0.4 is 5.32 Å². The lowest BCUT2D eigenvalue weighted by atomic mass is 10.0. The second-order valence-corrected chi connectivity index (χ2v) is 6.54. The highest BCUT2D eigenvalue weighted by Crippen LogP contribution is 2.23. The van der Waals surface area contributed by atoms with Crippen molar-refractivity contribution >= 4 is 29.3 Å². The Balaban J connectivity index is 1.56. The van der Waals surface area contributed by atoms with Crippen LogP contribution in [0.1, 0.15) is 11.1 Å². The number of hydrogen-bond donors (Lipinski definition) is 1. The summed E-state index contributed by atoms with van der Waals surface area (Å²) < 4.78 is 10.6. The van der Waals surface area contributed by atoms with Crippen LogP contribution in [0.25, 0.3) is 0 Å². The van der Waals surface area contributed by atoms with E-state index in [9.17, 15) is 4.79 Å². The summed E-state index contributed by atoms with van der Waals surface area (Å²) in [5.41, 5.74) is 1.88. The minimum atomic E-state index is -0.465. The minimum Gasteiger partial charge on any atom is -0.445 e. The Kier molecular flexibility index (Phi) is 5.61. The van der Waals surface area contributed by atoms with Gasteiger partial charge in [0.15, 0.2) is 0 Å². The van der Waals surface area contributed by atoms with Crippen molar-refractivity contribution in [3.63, 3.8) is 0 Å². The molecule has 2 atom stereocenters. The maximum absolute atomic E-state index is 12.0. The SMILES string of the molecule is O=C(NC(Cc1cc(Cl)cc(Cl)c1)C1CO1)OCc1ccccc1. The van der Waals surface area contributed by atoms with E-state index in [1.54, 1.807) is 6.07 Å². The lowest BCUT2D eigenvalue weighted by molar-refractivity contribution is 0.133. The molecule has 1 fully saturated rings. The van der Waals surface area contributed by atoms with Crippen LogP contribution in [-0.2, 0) is 22.5 Å². The van der Waals surface area contributed by atoms with Crippen LogP contribution in [0.3, 0.4) is 0 Å². The van der Waals surface area contributed by atoms with Gasteiger partial charge in [-0.25, -0.2) is 4.79 Å². The van der Waals surface area contributed by atoms with Crippen molar-refractivity contribution in [1.29, 1.82) is 0 Å². The normalized spacial score (nSPS) is 17.2. The fraction of sp³-hybridized carbons (Fsp3) is 0.278. The van der Waals surface area contributed by atoms with Gasteiger partial charge < -0.3 is 14.8 Å². The van der Waals surface area contributed by atoms with E-state index < -0.39 is 6.09 Å². The monoisotopic (exact) mass is 365 g/mol. The van der Waals surface area contributed by atoms with Gasteiger partial charge in [0, 0.05) is 10.0 Å². The molecule has 1 aliphatic rings. The van der Waals surface area contributed by atoms with Crippen molar-refractivity contribution in [1.82, 2.24) is 5.32 Å². The molecule has 1 aliphatic heterocycles. The zero-order valence-electron chi connectivity index (χ0n) is 12.9. The van der Waals surface area contributed by atoms with Crippen molar-refractivity contribution < 1.29 is 14.3 Å². The van der Waals surface area contributed by atoms with Gasteiger partial charge in [0.1, 0.15) is 12.7 Å². The van der Waals surface area contributed by atoms with Gasteiger partial charge in [-0.2, -0.15) is 0 Å². The average Bonchev–Trinajstić information content (AvgIpc) is 3.37. The van der Waals surface area contributed by atoms with Crippen LogP contribution in [0, 0.1) is 0 Å². The molecule has 6 heteroatoms. The summed E-state index contributed by atoms with van der Waals surface area (Å²) in [6.07, 6.45) is 0.102. The number of hydrogen-bond acceptors (Lipinski definition) is 3. The van der Waals surface area contributed by atoms with Crippen molar-refractivity contribution in [3.05, 3.63) is 69.7 Å². The first-order chi connectivity index (χ1) is 11.6. The number of alkyl carbamates (subject to hydrolysis) is 1. The molecule has 1 saturated heterocycles. The number of carbonyl (C=O) groups is 1. The number of amides is 1. The van der Waals surface area contributed by atoms with Crippen LogP contribution in [-0.4, -0.2) is 24.8 Å². The van der Waals surface area contributed by atoms with Gasteiger partial charge in [-0.05, 0) is 35.7 Å². The second kappa shape index (κ2) is 7.88. The largest absolute Gasteiger partial charge is 0.445 e. The van der Waals surface area contributed by atoms with Crippen molar-refractivity contribution in [2.24, 2.45) is 0 Å². The first-order valence-electron chi connectivity index (χ1n) is 7.64. The quantitative estimate of drug-likeness (QED) is 0.779. The smallest absolute Gasteiger partial charge is 0.407 e. The lowest BCUT2D eigenvalue weighted by Gasteiger charge is -2.17. The summed E-state index contributed by atoms with van der Waals surface area (Å²) in [7, 11) is 0. The summed E-state index contributed by atoms with van der Waals surface area (Å²) in [6, 6.07) is 14.7. The highest BCUT2D eigenvalue weighted by atomic mass is 35.5. The van der Waals surface area contributed by atoms with Gasteiger partial charge in [-0.3, -0.25) is 0 Å². The van der Waals surface area contributed by atoms with E-state index in [2.05, 4.69) is 5.32 Å². The molecule has 24 heavy (non-hydrogen) atoms. The molecule has 2 aromatic carbocycles. The summed E-state index contributed by atoms with van der Waals surface area (Å²) in [4.78, 5) is 12.0. The fourth-order valence-electron chi connectivity index (χ4n) is 2.46. The first-order valence-corrected chi connectivity index (χ1v) is 8.39. The van der Waals surface area contributed by atoms with Crippen LogP contribution in [0.15, 0.2) is 48.5 Å². The standard InChI is InChI=1S/C18H17Cl2NO3/c19-14-6-13(7-15(20)9-14)8-16(17-11-23-17)21-18(22)24-10-12-4-2-1-3-5-12/h1-7,9,16-17H,8,10-11H2,(H,21,22). The minimum absolute atomic E-state index is 0.00738. The van der Waals surface area contributed by atoms with E-state index in [4.69, 9.17) is 32.7 Å². The third kappa shape index (κ3) is 5.13. The lowest BCUT2D eigenvalue weighted by Crippen LogP contribution is -2.40. The van der Waals surface area contributed by atoms with Crippen LogP contribution in [0.5, 0.6) is 0 Å². The van der Waals surface area contributed by atoms with Crippen molar-refractivity contribution in [2.45, 2.75) is 25.2 Å². The summed E-state index contributed by atoms with van der Waals surface area (Å²) in [6.45, 7) is 0.853. The van der Waals surface area contributed by atoms with Crippen molar-refractivity contribution in [3.8, 4) is 0 Å². The predicted octanol–water partition coefficient (Wildman–Crippen LogP) is 4.23. The summed E-state index contributed by atoms with van der Waals surface area (Å²) in [5.74, 6) is 0. The molecule has 0 radical (unpaired) electrons. The molecule has 0 spiro atoms. The van der Waals surface area contributed by atoms with E-state index >= 15 is 0 Å². The molecule has 4 nitrogen and oxygen atoms in total. The highest BCUT2D eigenvalue weighted by Gasteiger charge is 2.34. The number of halogens is 2. The maximum atomic E-state index is 12.0. The molecule has 1 heterocycles. The Morgan fingerprint density at radius 3 is 2.46 bits per heavy atom. The van der Waals surface area contributed by atoms with Crippen LogP contribution in [0.2, 0.25) is 10.0 Å². The third-order valence-electron chi connectivity index (χ3n) is 3.70. The molecular formula is C18H17Cl2NO3. The molecule has 126 valence electrons. The Hall–Kier alpha value is -1.75. The molecule has 0 saturated carbocycles. The molecule has 0 aliphatic carbocycles. The number of ether oxygens (including phenoxy) is 2. The molecular weight excluding hydrogens is 349 g/mol. The van der Waals surface area contributed by atoms with Gasteiger partial charge in [0.2, 0.25) is 0 Å². The zero-order chi connectivity index (χ0) is 16.9. The second-order valence-electron chi connectivity index (χ2n) is 5.67. The summed E-state index contributed by atoms with van der Waals surface area (Å²) in [5, 5.41) is 4.00. The van der Waals surface area contributed by atoms with E-state index in [0.717, 1.165) is 11.1 Å².